The Hall–Kier alpha value is -3.94. The summed E-state index contributed by atoms with van der Waals surface area (Å²) in [5.74, 6) is 3.39. The van der Waals surface area contributed by atoms with Gasteiger partial charge in [0.15, 0.2) is 4.34 Å². The average Bonchev–Trinajstić information content (AvgIpc) is 3.61. The van der Waals surface area contributed by atoms with Crippen LogP contribution in [0.2, 0.25) is 0 Å². The lowest BCUT2D eigenvalue weighted by molar-refractivity contribution is -0.150. The van der Waals surface area contributed by atoms with Crippen molar-refractivity contribution in [2.45, 2.75) is 29.2 Å². The van der Waals surface area contributed by atoms with Gasteiger partial charge in [-0.1, -0.05) is 23.1 Å². The topological polar surface area (TPSA) is 224 Å². The number of carbonyl (C=O) groups excluding carboxylic acids is 3. The second-order valence-corrected chi connectivity index (χ2v) is 11.3. The van der Waals surface area contributed by atoms with E-state index in [1.165, 1.54) is 63.2 Å². The number of thioether (sulfide) groups is 2. The van der Waals surface area contributed by atoms with Crippen LogP contribution in [0.4, 0.5) is 0 Å². The Morgan fingerprint density at radius 3 is 2.64 bits per heavy atom. The van der Waals surface area contributed by atoms with Gasteiger partial charge in [0.1, 0.15) is 35.0 Å². The molecule has 2 aliphatic rings. The quantitative estimate of drug-likeness (QED) is 0.0815. The molecule has 3 amide bonds. The number of nitrogens with one attached hydrogen (secondary N) is 2. The number of nitrogens with two attached hydrogens (primary N) is 1. The van der Waals surface area contributed by atoms with E-state index in [9.17, 15) is 24.3 Å². The van der Waals surface area contributed by atoms with Crippen LogP contribution in [0.1, 0.15) is 15.4 Å². The molecule has 0 radical (unpaired) electrons. The van der Waals surface area contributed by atoms with E-state index in [1.54, 1.807) is 12.1 Å². The van der Waals surface area contributed by atoms with E-state index in [1.807, 2.05) is 12.3 Å². The lowest BCUT2D eigenvalue weighted by Gasteiger charge is -2.49. The van der Waals surface area contributed by atoms with E-state index >= 15 is 0 Å². The van der Waals surface area contributed by atoms with Gasteiger partial charge < -0.3 is 10.4 Å². The number of carboxylic acid groups (broad SMARTS) is 1. The Morgan fingerprint density at radius 2 is 2.03 bits per heavy atom. The van der Waals surface area contributed by atoms with Crippen molar-refractivity contribution in [1.29, 1.82) is 0 Å². The van der Waals surface area contributed by atoms with Gasteiger partial charge in [0.2, 0.25) is 5.91 Å². The van der Waals surface area contributed by atoms with Crippen molar-refractivity contribution in [1.82, 2.24) is 51.0 Å². The van der Waals surface area contributed by atoms with Gasteiger partial charge in [-0.3, -0.25) is 29.7 Å². The van der Waals surface area contributed by atoms with Gasteiger partial charge in [-0.15, -0.1) is 27.1 Å². The molecule has 0 aliphatic carbocycles. The zero-order valence-corrected chi connectivity index (χ0v) is 22.6. The molecule has 19 heteroatoms. The number of nitrogen functional groups attached to an aromatic ring is 1. The standard InChI is InChI=1S/C14H14N8O4S3.C6H7N3O/c1-6-17-18-14(29-6)28-4-7-3-27-12-9(11(24)22(12)10(7)13(25)26)16-8(23)2-21-5-15-19-20-21;7-9-6(10)5-1-3-8-4-2-5/h5,9,12H,2-4H2,1H3,(H,16,23)(H,25,26);1-4H,7H2,(H,9,10)/t9-,12-;/m1./s1. The molecule has 3 aromatic rings. The maximum atomic E-state index is 12.6. The van der Waals surface area contributed by atoms with Crippen LogP contribution in [0.5, 0.6) is 0 Å². The number of aromatic nitrogens is 7. The van der Waals surface area contributed by atoms with Gasteiger partial charge in [-0.05, 0) is 35.1 Å². The fourth-order valence-electron chi connectivity index (χ4n) is 3.49. The van der Waals surface area contributed by atoms with Gasteiger partial charge in [0, 0.05) is 29.5 Å². The molecule has 5 N–H and O–H groups in total. The maximum absolute atomic E-state index is 12.6. The Morgan fingerprint density at radius 1 is 1.26 bits per heavy atom. The van der Waals surface area contributed by atoms with Crippen molar-refractivity contribution < 1.29 is 24.3 Å². The summed E-state index contributed by atoms with van der Waals surface area (Å²) in [7, 11) is 0. The number of hydrogen-bond donors (Lipinski definition) is 4. The Balaban J connectivity index is 0.000000298. The zero-order chi connectivity index (χ0) is 27.9. The van der Waals surface area contributed by atoms with Crippen LogP contribution >= 0.6 is 34.9 Å². The molecule has 2 aliphatic heterocycles. The van der Waals surface area contributed by atoms with Crippen molar-refractivity contribution in [3.8, 4) is 0 Å². The molecule has 39 heavy (non-hydrogen) atoms. The number of rotatable bonds is 8. The molecule has 0 saturated carbocycles. The van der Waals surface area contributed by atoms with E-state index in [0.29, 0.717) is 22.6 Å². The number of carbonyl (C=O) groups is 4. The summed E-state index contributed by atoms with van der Waals surface area (Å²) in [6.45, 7) is 1.72. The highest BCUT2D eigenvalue weighted by atomic mass is 32.2. The highest BCUT2D eigenvalue weighted by molar-refractivity contribution is 8.01. The molecule has 204 valence electrons. The van der Waals surface area contributed by atoms with Crippen molar-refractivity contribution in [3.63, 3.8) is 0 Å². The number of hydrazine groups is 1. The van der Waals surface area contributed by atoms with Crippen molar-refractivity contribution in [2.24, 2.45) is 5.84 Å². The Labute approximate surface area is 232 Å². The highest BCUT2D eigenvalue weighted by Gasteiger charge is 2.54. The molecule has 0 aromatic carbocycles. The molecule has 16 nitrogen and oxygen atoms in total. The first kappa shape index (κ1) is 28.1. The number of aliphatic carboxylic acids is 1. The van der Waals surface area contributed by atoms with Crippen molar-refractivity contribution in [3.05, 3.63) is 52.7 Å². The number of fused-ring (bicyclic) bond motifs is 1. The molecule has 5 heterocycles. The van der Waals surface area contributed by atoms with Crippen molar-refractivity contribution >= 4 is 58.6 Å². The van der Waals surface area contributed by atoms with E-state index in [4.69, 9.17) is 5.84 Å². The smallest absolute Gasteiger partial charge is 0.352 e. The summed E-state index contributed by atoms with van der Waals surface area (Å²) < 4.78 is 1.98. The largest absolute Gasteiger partial charge is 0.477 e. The second-order valence-electron chi connectivity index (χ2n) is 7.80. The van der Waals surface area contributed by atoms with Crippen LogP contribution in [0, 0.1) is 6.92 Å². The first-order valence-electron chi connectivity index (χ1n) is 11.0. The third-order valence-electron chi connectivity index (χ3n) is 5.21. The SMILES string of the molecule is Cc1nnc(SCC2=C(C(=O)O)N3C(=O)[C@@H](NC(=O)Cn4cnnn4)[C@H]3SC2)s1.NNC(=O)c1ccncc1. The Kier molecular flexibility index (Phi) is 9.17. The van der Waals surface area contributed by atoms with Crippen LogP contribution in [0.15, 0.2) is 46.5 Å². The molecule has 1 saturated heterocycles. The first-order chi connectivity index (χ1) is 18.8. The lowest BCUT2D eigenvalue weighted by atomic mass is 10.0. The molecule has 0 spiro atoms. The molecular weight excluding hydrogens is 570 g/mol. The van der Waals surface area contributed by atoms with E-state index in [2.05, 4.69) is 36.0 Å². The third kappa shape index (κ3) is 6.74. The molecule has 0 unspecified atom stereocenters. The van der Waals surface area contributed by atoms with Crippen LogP contribution in [-0.2, 0) is 20.9 Å². The van der Waals surface area contributed by atoms with Gasteiger partial charge in [-0.25, -0.2) is 15.3 Å². The average molecular weight is 592 g/mol. The summed E-state index contributed by atoms with van der Waals surface area (Å²) in [6.07, 6.45) is 4.35. The summed E-state index contributed by atoms with van der Waals surface area (Å²) in [5, 5.41) is 31.1. The minimum Gasteiger partial charge on any atom is -0.477 e. The molecule has 5 rings (SSSR count). The summed E-state index contributed by atoms with van der Waals surface area (Å²) in [4.78, 5) is 52.3. The van der Waals surface area contributed by atoms with Gasteiger partial charge in [0.25, 0.3) is 11.8 Å². The maximum Gasteiger partial charge on any atom is 0.352 e. The predicted molar refractivity (Wildman–Crippen MR) is 139 cm³/mol. The van der Waals surface area contributed by atoms with Crippen LogP contribution < -0.4 is 16.6 Å². The van der Waals surface area contributed by atoms with Crippen LogP contribution in [-0.4, -0.2) is 92.0 Å². The second kappa shape index (κ2) is 12.7. The van der Waals surface area contributed by atoms with Gasteiger partial charge in [0.05, 0.1) is 0 Å². The monoisotopic (exact) mass is 591 g/mol. The summed E-state index contributed by atoms with van der Waals surface area (Å²) >= 11 is 4.24. The minimum absolute atomic E-state index is 0.0153. The molecule has 2 atom stereocenters. The normalized spacial score (nSPS) is 17.9. The van der Waals surface area contributed by atoms with E-state index < -0.39 is 29.2 Å². The lowest BCUT2D eigenvalue weighted by Crippen LogP contribution is -2.70. The minimum atomic E-state index is -1.16. The number of nitrogens with zero attached hydrogens (tertiary/aromatic N) is 8. The zero-order valence-electron chi connectivity index (χ0n) is 20.1. The number of amides is 3. The predicted octanol–water partition coefficient (Wildman–Crippen LogP) is -0.951. The summed E-state index contributed by atoms with van der Waals surface area (Å²) in [5.41, 5.74) is 3.15. The number of hydrogen-bond acceptors (Lipinski definition) is 14. The van der Waals surface area contributed by atoms with E-state index in [0.717, 1.165) is 9.35 Å². The fourth-order valence-corrected chi connectivity index (χ4v) is 6.79. The number of β-lactam (4-membered cyclic amide) rings is 1. The summed E-state index contributed by atoms with van der Waals surface area (Å²) in [6, 6.07) is 2.39. The highest BCUT2D eigenvalue weighted by Crippen LogP contribution is 2.41. The Bertz CT molecular complexity index is 1380. The van der Waals surface area contributed by atoms with Crippen LogP contribution in [0.25, 0.3) is 0 Å². The number of pyridine rings is 1. The molecule has 0 bridgehead atoms. The fraction of sp³-hybridized carbons (Fsp3) is 0.300. The van der Waals surface area contributed by atoms with Crippen LogP contribution in [0.3, 0.4) is 0 Å². The van der Waals surface area contributed by atoms with Gasteiger partial charge in [-0.2, -0.15) is 0 Å². The molecule has 3 aromatic heterocycles. The first-order valence-corrected chi connectivity index (χ1v) is 13.9. The third-order valence-corrected chi connectivity index (χ3v) is 8.61. The number of aryl methyl sites for hydroxylation is 1. The molecule has 1 fully saturated rings. The number of carboxylic acids is 1. The van der Waals surface area contributed by atoms with Crippen molar-refractivity contribution in [2.75, 3.05) is 11.5 Å². The van der Waals surface area contributed by atoms with E-state index in [-0.39, 0.29) is 18.1 Å². The van der Waals surface area contributed by atoms with Gasteiger partial charge >= 0.3 is 5.97 Å². The number of tetrazole rings is 1. The molecular formula is C20H21N11O5S3.